The summed E-state index contributed by atoms with van der Waals surface area (Å²) in [5, 5.41) is 0. The van der Waals surface area contributed by atoms with Crippen LogP contribution >= 0.6 is 0 Å². The smallest absolute Gasteiger partial charge is 0.0638 e. The van der Waals surface area contributed by atoms with E-state index in [-0.39, 0.29) is 5.60 Å². The van der Waals surface area contributed by atoms with Crippen molar-refractivity contribution >= 4 is 0 Å². The van der Waals surface area contributed by atoms with Crippen molar-refractivity contribution in [2.75, 3.05) is 13.2 Å². The lowest BCUT2D eigenvalue weighted by Gasteiger charge is -2.43. The van der Waals surface area contributed by atoms with E-state index in [1.165, 1.54) is 32.1 Å². The molecule has 0 aliphatic rings. The Kier molecular flexibility index (Phi) is 9.11. The van der Waals surface area contributed by atoms with Crippen LogP contribution in [0.3, 0.4) is 0 Å². The third-order valence-corrected chi connectivity index (χ3v) is 5.45. The molecule has 0 radical (unpaired) electrons. The molecule has 0 spiro atoms. The van der Waals surface area contributed by atoms with E-state index >= 15 is 0 Å². The van der Waals surface area contributed by atoms with Crippen molar-refractivity contribution in [1.29, 1.82) is 0 Å². The molecule has 0 heterocycles. The molecule has 0 atom stereocenters. The van der Waals surface area contributed by atoms with Crippen molar-refractivity contribution in [3.8, 4) is 0 Å². The third-order valence-electron chi connectivity index (χ3n) is 5.45. The molecule has 0 amide bonds. The Morgan fingerprint density at radius 1 is 0.762 bits per heavy atom. The van der Waals surface area contributed by atoms with E-state index in [4.69, 9.17) is 10.5 Å². The minimum absolute atomic E-state index is 0.0872. The fraction of sp³-hybridized carbons (Fsp3) is 1.00. The molecule has 0 aromatic rings. The Morgan fingerprint density at radius 3 is 1.86 bits per heavy atom. The van der Waals surface area contributed by atoms with Gasteiger partial charge in [-0.15, -0.1) is 0 Å². The summed E-state index contributed by atoms with van der Waals surface area (Å²) in [6.07, 6.45) is 8.75. The van der Waals surface area contributed by atoms with E-state index in [2.05, 4.69) is 48.5 Å². The second-order valence-electron chi connectivity index (χ2n) is 8.48. The Hall–Kier alpha value is -0.0800. The van der Waals surface area contributed by atoms with Crippen molar-refractivity contribution in [2.45, 2.75) is 99.0 Å². The van der Waals surface area contributed by atoms with Crippen LogP contribution in [0.2, 0.25) is 0 Å². The molecule has 0 saturated heterocycles. The van der Waals surface area contributed by atoms with Crippen LogP contribution in [0.15, 0.2) is 0 Å². The predicted molar refractivity (Wildman–Crippen MR) is 94.6 cm³/mol. The first-order valence-corrected chi connectivity index (χ1v) is 8.92. The molecule has 128 valence electrons. The lowest BCUT2D eigenvalue weighted by molar-refractivity contribution is -0.0472. The minimum Gasteiger partial charge on any atom is -0.376 e. The number of hydrogen-bond donors (Lipinski definition) is 1. The standard InChI is InChI=1S/C19H41NO/c1-8-9-10-11-12-17(2,3)18(4,5)14-16-21-19(6,7)13-15-20/h8-16,20H2,1-7H3. The van der Waals surface area contributed by atoms with E-state index in [0.717, 1.165) is 19.4 Å². The summed E-state index contributed by atoms with van der Waals surface area (Å²) in [6, 6.07) is 0. The summed E-state index contributed by atoms with van der Waals surface area (Å²) in [4.78, 5) is 0. The van der Waals surface area contributed by atoms with Gasteiger partial charge in [0.15, 0.2) is 0 Å². The molecule has 2 heteroatoms. The predicted octanol–water partition coefficient (Wildman–Crippen LogP) is 5.54. The molecule has 0 bridgehead atoms. The van der Waals surface area contributed by atoms with Gasteiger partial charge in [-0.3, -0.25) is 0 Å². The van der Waals surface area contributed by atoms with Crippen molar-refractivity contribution in [3.63, 3.8) is 0 Å². The van der Waals surface area contributed by atoms with Gasteiger partial charge < -0.3 is 10.5 Å². The van der Waals surface area contributed by atoms with Crippen LogP contribution in [0, 0.1) is 10.8 Å². The maximum absolute atomic E-state index is 6.06. The maximum atomic E-state index is 6.06. The molecule has 21 heavy (non-hydrogen) atoms. The second kappa shape index (κ2) is 9.15. The van der Waals surface area contributed by atoms with Gasteiger partial charge in [-0.25, -0.2) is 0 Å². The van der Waals surface area contributed by atoms with Gasteiger partial charge in [0.05, 0.1) is 5.60 Å². The number of hydrogen-bond acceptors (Lipinski definition) is 2. The van der Waals surface area contributed by atoms with Gasteiger partial charge >= 0.3 is 0 Å². The minimum atomic E-state index is -0.0872. The second-order valence-corrected chi connectivity index (χ2v) is 8.48. The molecular formula is C19H41NO. The Labute approximate surface area is 134 Å². The molecule has 0 rings (SSSR count). The lowest BCUT2D eigenvalue weighted by atomic mass is 9.64. The first-order valence-electron chi connectivity index (χ1n) is 8.92. The zero-order chi connectivity index (χ0) is 16.6. The van der Waals surface area contributed by atoms with Gasteiger partial charge in [-0.05, 0) is 50.5 Å². The van der Waals surface area contributed by atoms with Gasteiger partial charge in [0.1, 0.15) is 0 Å². The number of rotatable bonds is 12. The number of nitrogens with two attached hydrogens (primary N) is 1. The largest absolute Gasteiger partial charge is 0.376 e. The zero-order valence-corrected chi connectivity index (χ0v) is 15.8. The zero-order valence-electron chi connectivity index (χ0n) is 15.8. The average Bonchev–Trinajstić information content (AvgIpc) is 2.33. The van der Waals surface area contributed by atoms with Gasteiger partial charge in [0, 0.05) is 6.61 Å². The molecule has 0 unspecified atom stereocenters. The van der Waals surface area contributed by atoms with Crippen molar-refractivity contribution < 1.29 is 4.74 Å². The summed E-state index contributed by atoms with van der Waals surface area (Å²) >= 11 is 0. The third kappa shape index (κ3) is 8.21. The topological polar surface area (TPSA) is 35.2 Å². The highest BCUT2D eigenvalue weighted by Crippen LogP contribution is 2.45. The van der Waals surface area contributed by atoms with Crippen LogP contribution in [0.1, 0.15) is 93.4 Å². The van der Waals surface area contributed by atoms with Crippen LogP contribution in [-0.4, -0.2) is 18.8 Å². The van der Waals surface area contributed by atoms with Gasteiger partial charge in [0.2, 0.25) is 0 Å². The van der Waals surface area contributed by atoms with Crippen LogP contribution in [0.5, 0.6) is 0 Å². The Bertz CT molecular complexity index is 269. The molecule has 0 aromatic heterocycles. The van der Waals surface area contributed by atoms with Crippen molar-refractivity contribution in [2.24, 2.45) is 16.6 Å². The first kappa shape index (κ1) is 20.9. The van der Waals surface area contributed by atoms with Gasteiger partial charge in [0.25, 0.3) is 0 Å². The molecule has 0 aliphatic carbocycles. The summed E-state index contributed by atoms with van der Waals surface area (Å²) < 4.78 is 6.06. The van der Waals surface area contributed by atoms with E-state index in [0.29, 0.717) is 17.4 Å². The summed E-state index contributed by atoms with van der Waals surface area (Å²) in [5.74, 6) is 0. The first-order chi connectivity index (χ1) is 9.58. The number of ether oxygens (including phenoxy) is 1. The molecule has 0 fully saturated rings. The van der Waals surface area contributed by atoms with Crippen molar-refractivity contribution in [1.82, 2.24) is 0 Å². The highest BCUT2D eigenvalue weighted by atomic mass is 16.5. The Balaban J connectivity index is 4.25. The van der Waals surface area contributed by atoms with Crippen molar-refractivity contribution in [3.05, 3.63) is 0 Å². The van der Waals surface area contributed by atoms with Gasteiger partial charge in [-0.2, -0.15) is 0 Å². The molecule has 0 aromatic carbocycles. The van der Waals surface area contributed by atoms with Crippen LogP contribution < -0.4 is 5.73 Å². The average molecular weight is 300 g/mol. The quantitative estimate of drug-likeness (QED) is 0.480. The van der Waals surface area contributed by atoms with E-state index in [9.17, 15) is 0 Å². The SMILES string of the molecule is CCCCCCC(C)(C)C(C)(C)CCOC(C)(C)CCN. The summed E-state index contributed by atoms with van der Waals surface area (Å²) in [5.41, 5.74) is 6.22. The maximum Gasteiger partial charge on any atom is 0.0638 e. The molecule has 0 saturated carbocycles. The molecule has 2 nitrogen and oxygen atoms in total. The molecular weight excluding hydrogens is 258 g/mol. The van der Waals surface area contributed by atoms with Gasteiger partial charge in [-0.1, -0.05) is 60.3 Å². The van der Waals surface area contributed by atoms with Crippen LogP contribution in [0.4, 0.5) is 0 Å². The lowest BCUT2D eigenvalue weighted by Crippen LogP contribution is -2.35. The molecule has 2 N–H and O–H groups in total. The summed E-state index contributed by atoms with van der Waals surface area (Å²) in [6.45, 7) is 17.7. The van der Waals surface area contributed by atoms with E-state index < -0.39 is 0 Å². The normalized spacial score (nSPS) is 13.7. The van der Waals surface area contributed by atoms with E-state index in [1.54, 1.807) is 0 Å². The monoisotopic (exact) mass is 299 g/mol. The Morgan fingerprint density at radius 2 is 1.33 bits per heavy atom. The highest BCUT2D eigenvalue weighted by molar-refractivity contribution is 4.86. The molecule has 0 aliphatic heterocycles. The highest BCUT2D eigenvalue weighted by Gasteiger charge is 2.36. The fourth-order valence-electron chi connectivity index (χ4n) is 2.67. The van der Waals surface area contributed by atoms with Crippen LogP contribution in [0.25, 0.3) is 0 Å². The van der Waals surface area contributed by atoms with Crippen LogP contribution in [-0.2, 0) is 4.74 Å². The fourth-order valence-corrected chi connectivity index (χ4v) is 2.67. The number of unbranched alkanes of at least 4 members (excludes halogenated alkanes) is 3. The van der Waals surface area contributed by atoms with E-state index in [1.807, 2.05) is 0 Å². The summed E-state index contributed by atoms with van der Waals surface area (Å²) in [7, 11) is 0.